The van der Waals surface area contributed by atoms with E-state index in [0.717, 1.165) is 0 Å². The second-order valence-corrected chi connectivity index (χ2v) is 2.44. The summed E-state index contributed by atoms with van der Waals surface area (Å²) in [5.74, 6) is -1.22. The predicted molar refractivity (Wildman–Crippen MR) is 44.3 cm³/mol. The molecule has 0 radical (unpaired) electrons. The number of anilines is 1. The number of pyridine rings is 1. The van der Waals surface area contributed by atoms with Crippen molar-refractivity contribution in [3.63, 3.8) is 0 Å². The van der Waals surface area contributed by atoms with Gasteiger partial charge in [0.25, 0.3) is 0 Å². The summed E-state index contributed by atoms with van der Waals surface area (Å²) in [6, 6.07) is 2.84. The van der Waals surface area contributed by atoms with E-state index >= 15 is 0 Å². The Hall–Kier alpha value is -1.65. The molecule has 0 saturated carbocycles. The Morgan fingerprint density at radius 2 is 2.38 bits per heavy atom. The van der Waals surface area contributed by atoms with Gasteiger partial charge in [0.15, 0.2) is 0 Å². The van der Waals surface area contributed by atoms with Crippen molar-refractivity contribution in [2.45, 2.75) is 6.42 Å². The van der Waals surface area contributed by atoms with Crippen LogP contribution in [0.15, 0.2) is 12.1 Å². The summed E-state index contributed by atoms with van der Waals surface area (Å²) < 4.78 is 17.1. The summed E-state index contributed by atoms with van der Waals surface area (Å²) >= 11 is 0. The molecule has 1 rings (SSSR count). The summed E-state index contributed by atoms with van der Waals surface area (Å²) in [7, 11) is 1.26. The number of nitrogens with two attached hydrogens (primary N) is 1. The number of aromatic nitrogens is 1. The molecule has 0 aromatic carbocycles. The number of rotatable bonds is 2. The molecule has 0 atom stereocenters. The molecule has 0 aliphatic rings. The minimum absolute atomic E-state index is 0.0337. The number of nitrogens with zero attached hydrogens (tertiary/aromatic N) is 1. The van der Waals surface area contributed by atoms with Gasteiger partial charge in [0.05, 0.1) is 24.9 Å². The maximum atomic E-state index is 12.7. The first-order chi connectivity index (χ1) is 6.13. The molecule has 1 heterocycles. The lowest BCUT2D eigenvalue weighted by Crippen LogP contribution is -2.07. The number of ether oxygens (including phenoxy) is 1. The summed E-state index contributed by atoms with van der Waals surface area (Å²) in [4.78, 5) is 14.2. The zero-order valence-corrected chi connectivity index (χ0v) is 7.08. The van der Waals surface area contributed by atoms with E-state index in [1.165, 1.54) is 19.2 Å². The van der Waals surface area contributed by atoms with E-state index in [1.807, 2.05) is 0 Å². The number of methoxy groups -OCH3 is 1. The normalized spacial score (nSPS) is 9.69. The number of esters is 1. The molecule has 0 fully saturated rings. The van der Waals surface area contributed by atoms with Gasteiger partial charge in [0.2, 0.25) is 5.95 Å². The second kappa shape index (κ2) is 3.84. The van der Waals surface area contributed by atoms with Gasteiger partial charge in [-0.25, -0.2) is 4.98 Å². The first-order valence-corrected chi connectivity index (χ1v) is 3.61. The molecule has 1 aromatic rings. The van der Waals surface area contributed by atoms with Crippen LogP contribution in [0, 0.1) is 5.95 Å². The molecule has 0 amide bonds. The van der Waals surface area contributed by atoms with Gasteiger partial charge in [-0.1, -0.05) is 0 Å². The van der Waals surface area contributed by atoms with E-state index in [2.05, 4.69) is 9.72 Å². The van der Waals surface area contributed by atoms with Gasteiger partial charge in [-0.3, -0.25) is 4.79 Å². The van der Waals surface area contributed by atoms with Crippen LogP contribution in [0.4, 0.5) is 10.1 Å². The Balaban J connectivity index is 2.79. The Bertz CT molecular complexity index is 328. The van der Waals surface area contributed by atoms with Crippen molar-refractivity contribution in [3.8, 4) is 0 Å². The number of nitrogen functional groups attached to an aromatic ring is 1. The summed E-state index contributed by atoms with van der Waals surface area (Å²) in [5.41, 5.74) is 5.47. The fourth-order valence-corrected chi connectivity index (χ4v) is 0.801. The predicted octanol–water partition coefficient (Wildman–Crippen LogP) is 0.518. The van der Waals surface area contributed by atoms with Crippen molar-refractivity contribution in [2.75, 3.05) is 12.8 Å². The Kier molecular flexibility index (Phi) is 2.79. The van der Waals surface area contributed by atoms with E-state index in [1.54, 1.807) is 0 Å². The van der Waals surface area contributed by atoms with Gasteiger partial charge < -0.3 is 10.5 Å². The van der Waals surface area contributed by atoms with Crippen LogP contribution in [0.5, 0.6) is 0 Å². The lowest BCUT2D eigenvalue weighted by molar-refractivity contribution is -0.139. The lowest BCUT2D eigenvalue weighted by Gasteiger charge is -2.00. The van der Waals surface area contributed by atoms with Crippen LogP contribution in [0.1, 0.15) is 5.69 Å². The zero-order valence-electron chi connectivity index (χ0n) is 7.08. The number of halogens is 1. The van der Waals surface area contributed by atoms with Gasteiger partial charge in [-0.2, -0.15) is 4.39 Å². The molecule has 0 saturated heterocycles. The highest BCUT2D eigenvalue weighted by molar-refractivity contribution is 5.71. The standard InChI is InChI=1S/C8H9FN2O2/c1-13-7(12)4-5-2-3-6(10)8(9)11-5/h2-3H,4,10H2,1H3. The summed E-state index contributed by atoms with van der Waals surface area (Å²) in [6.07, 6.45) is -0.0479. The van der Waals surface area contributed by atoms with Crippen molar-refractivity contribution in [3.05, 3.63) is 23.8 Å². The molecule has 13 heavy (non-hydrogen) atoms. The highest BCUT2D eigenvalue weighted by atomic mass is 19.1. The van der Waals surface area contributed by atoms with Crippen molar-refractivity contribution < 1.29 is 13.9 Å². The molecule has 2 N–H and O–H groups in total. The molecule has 1 aromatic heterocycles. The monoisotopic (exact) mass is 184 g/mol. The third kappa shape index (κ3) is 2.40. The number of carbonyl (C=O) groups excluding carboxylic acids is 1. The molecule has 70 valence electrons. The van der Waals surface area contributed by atoms with Crippen molar-refractivity contribution >= 4 is 11.7 Å². The van der Waals surface area contributed by atoms with Crippen LogP contribution >= 0.6 is 0 Å². The maximum Gasteiger partial charge on any atom is 0.311 e. The van der Waals surface area contributed by atoms with Crippen LogP contribution in [0.25, 0.3) is 0 Å². The second-order valence-electron chi connectivity index (χ2n) is 2.44. The largest absolute Gasteiger partial charge is 0.469 e. The van der Waals surface area contributed by atoms with Crippen LogP contribution in [0.2, 0.25) is 0 Å². The van der Waals surface area contributed by atoms with Gasteiger partial charge in [-0.05, 0) is 12.1 Å². The minimum Gasteiger partial charge on any atom is -0.469 e. The van der Waals surface area contributed by atoms with Crippen molar-refractivity contribution in [1.82, 2.24) is 4.98 Å². The summed E-state index contributed by atoms with van der Waals surface area (Å²) in [6.45, 7) is 0. The van der Waals surface area contributed by atoms with Crippen molar-refractivity contribution in [1.29, 1.82) is 0 Å². The molecule has 0 bridgehead atoms. The number of carbonyl (C=O) groups is 1. The fourth-order valence-electron chi connectivity index (χ4n) is 0.801. The molecule has 0 aliphatic heterocycles. The molecule has 0 unspecified atom stereocenters. The molecular formula is C8H9FN2O2. The average Bonchev–Trinajstić information content (AvgIpc) is 2.11. The third-order valence-corrected chi connectivity index (χ3v) is 1.49. The van der Waals surface area contributed by atoms with Gasteiger partial charge >= 0.3 is 5.97 Å². The molecule has 0 aliphatic carbocycles. The number of hydrogen-bond donors (Lipinski definition) is 1. The van der Waals surface area contributed by atoms with Gasteiger partial charge in [0, 0.05) is 0 Å². The molecule has 4 nitrogen and oxygen atoms in total. The fraction of sp³-hybridized carbons (Fsp3) is 0.250. The van der Waals surface area contributed by atoms with E-state index in [-0.39, 0.29) is 12.1 Å². The van der Waals surface area contributed by atoms with E-state index in [9.17, 15) is 9.18 Å². The van der Waals surface area contributed by atoms with Crippen LogP contribution in [-0.4, -0.2) is 18.1 Å². The van der Waals surface area contributed by atoms with Crippen LogP contribution in [0.3, 0.4) is 0 Å². The first-order valence-electron chi connectivity index (χ1n) is 3.61. The molecular weight excluding hydrogens is 175 g/mol. The minimum atomic E-state index is -0.763. The Morgan fingerprint density at radius 3 is 2.92 bits per heavy atom. The van der Waals surface area contributed by atoms with Crippen LogP contribution in [-0.2, 0) is 16.0 Å². The zero-order chi connectivity index (χ0) is 9.84. The molecule has 0 spiro atoms. The Labute approximate surface area is 74.5 Å². The highest BCUT2D eigenvalue weighted by Crippen LogP contribution is 2.08. The quantitative estimate of drug-likeness (QED) is 0.537. The van der Waals surface area contributed by atoms with E-state index in [4.69, 9.17) is 5.73 Å². The first kappa shape index (κ1) is 9.44. The molecule has 5 heteroatoms. The highest BCUT2D eigenvalue weighted by Gasteiger charge is 2.06. The maximum absolute atomic E-state index is 12.7. The van der Waals surface area contributed by atoms with Crippen molar-refractivity contribution in [2.24, 2.45) is 0 Å². The lowest BCUT2D eigenvalue weighted by atomic mass is 10.2. The van der Waals surface area contributed by atoms with E-state index in [0.29, 0.717) is 5.69 Å². The number of hydrogen-bond acceptors (Lipinski definition) is 4. The smallest absolute Gasteiger partial charge is 0.311 e. The Morgan fingerprint density at radius 1 is 1.69 bits per heavy atom. The van der Waals surface area contributed by atoms with Gasteiger partial charge in [0.1, 0.15) is 0 Å². The van der Waals surface area contributed by atoms with Gasteiger partial charge in [-0.15, -0.1) is 0 Å². The summed E-state index contributed by atoms with van der Waals surface area (Å²) in [5, 5.41) is 0. The average molecular weight is 184 g/mol. The third-order valence-electron chi connectivity index (χ3n) is 1.49. The van der Waals surface area contributed by atoms with E-state index < -0.39 is 11.9 Å². The SMILES string of the molecule is COC(=O)Cc1ccc(N)c(F)n1. The van der Waals surface area contributed by atoms with Crippen LogP contribution < -0.4 is 5.73 Å². The topological polar surface area (TPSA) is 65.2 Å².